The van der Waals surface area contributed by atoms with E-state index in [1.807, 2.05) is 37.3 Å². The third kappa shape index (κ3) is 5.68. The molecular formula is C24H33N3O4. The van der Waals surface area contributed by atoms with Crippen LogP contribution in [0.25, 0.3) is 0 Å². The number of aliphatic hydroxyl groups excluding tert-OH is 1. The SMILES string of the molecule is COc1ccc(C(C)NC(=O)c2cc(N3CCNCC3)ccc2CCCO)cc1OC. The lowest BCUT2D eigenvalue weighted by atomic mass is 10.00. The van der Waals surface area contributed by atoms with Crippen LogP contribution in [0.2, 0.25) is 0 Å². The van der Waals surface area contributed by atoms with Crippen molar-refractivity contribution in [3.63, 3.8) is 0 Å². The van der Waals surface area contributed by atoms with Gasteiger partial charge in [0.25, 0.3) is 5.91 Å². The summed E-state index contributed by atoms with van der Waals surface area (Å²) in [6, 6.07) is 11.5. The lowest BCUT2D eigenvalue weighted by molar-refractivity contribution is 0.0938. The predicted molar refractivity (Wildman–Crippen MR) is 122 cm³/mol. The molecule has 1 aliphatic rings. The number of aryl methyl sites for hydroxylation is 1. The van der Waals surface area contributed by atoms with Gasteiger partial charge in [0.1, 0.15) is 0 Å². The summed E-state index contributed by atoms with van der Waals surface area (Å²) in [5, 5.41) is 15.7. The van der Waals surface area contributed by atoms with E-state index in [0.717, 1.165) is 43.0 Å². The van der Waals surface area contributed by atoms with E-state index in [1.54, 1.807) is 14.2 Å². The Kier molecular flexibility index (Phi) is 8.14. The largest absolute Gasteiger partial charge is 0.493 e. The first-order valence-corrected chi connectivity index (χ1v) is 10.8. The molecule has 1 fully saturated rings. The predicted octanol–water partition coefficient (Wildman–Crippen LogP) is 2.53. The number of rotatable bonds is 9. The van der Waals surface area contributed by atoms with Gasteiger partial charge in [-0.2, -0.15) is 0 Å². The molecule has 31 heavy (non-hydrogen) atoms. The molecule has 2 aromatic rings. The summed E-state index contributed by atoms with van der Waals surface area (Å²) < 4.78 is 10.7. The van der Waals surface area contributed by atoms with Gasteiger partial charge in [0.2, 0.25) is 0 Å². The number of methoxy groups -OCH3 is 2. The first-order valence-electron chi connectivity index (χ1n) is 10.8. The molecule has 168 valence electrons. The molecule has 7 nitrogen and oxygen atoms in total. The van der Waals surface area contributed by atoms with E-state index in [0.29, 0.717) is 29.9 Å². The number of carbonyl (C=O) groups is 1. The van der Waals surface area contributed by atoms with E-state index in [4.69, 9.17) is 9.47 Å². The smallest absolute Gasteiger partial charge is 0.252 e. The lowest BCUT2D eigenvalue weighted by Gasteiger charge is -2.30. The normalized spacial score (nSPS) is 14.8. The minimum Gasteiger partial charge on any atom is -0.493 e. The highest BCUT2D eigenvalue weighted by Gasteiger charge is 2.19. The van der Waals surface area contributed by atoms with Crippen LogP contribution in [0.15, 0.2) is 36.4 Å². The number of ether oxygens (including phenoxy) is 2. The number of amides is 1. The van der Waals surface area contributed by atoms with Crippen LogP contribution in [0.5, 0.6) is 11.5 Å². The molecule has 1 unspecified atom stereocenters. The first-order chi connectivity index (χ1) is 15.1. The molecule has 0 radical (unpaired) electrons. The second kappa shape index (κ2) is 11.0. The summed E-state index contributed by atoms with van der Waals surface area (Å²) in [6.07, 6.45) is 1.28. The Hall–Kier alpha value is -2.77. The molecule has 7 heteroatoms. The van der Waals surface area contributed by atoms with Gasteiger partial charge in [-0.25, -0.2) is 0 Å². The summed E-state index contributed by atoms with van der Waals surface area (Å²) in [5.74, 6) is 1.16. The van der Waals surface area contributed by atoms with Gasteiger partial charge in [0.15, 0.2) is 11.5 Å². The zero-order valence-electron chi connectivity index (χ0n) is 18.6. The maximum atomic E-state index is 13.3. The Labute approximate surface area is 184 Å². The van der Waals surface area contributed by atoms with Crippen LogP contribution in [0.4, 0.5) is 5.69 Å². The van der Waals surface area contributed by atoms with Crippen LogP contribution in [-0.4, -0.2) is 58.0 Å². The Morgan fingerprint density at radius 1 is 1.13 bits per heavy atom. The first kappa shape index (κ1) is 22.9. The van der Waals surface area contributed by atoms with Crippen molar-refractivity contribution in [1.82, 2.24) is 10.6 Å². The number of anilines is 1. The van der Waals surface area contributed by atoms with Crippen molar-refractivity contribution in [3.8, 4) is 11.5 Å². The molecule has 2 aromatic carbocycles. The molecule has 1 atom stereocenters. The zero-order valence-corrected chi connectivity index (χ0v) is 18.6. The van der Waals surface area contributed by atoms with Crippen LogP contribution in [-0.2, 0) is 6.42 Å². The lowest BCUT2D eigenvalue weighted by Crippen LogP contribution is -2.43. The zero-order chi connectivity index (χ0) is 22.2. The maximum absolute atomic E-state index is 13.3. The number of aliphatic hydroxyl groups is 1. The molecule has 3 rings (SSSR count). The Balaban J connectivity index is 1.82. The number of nitrogens with one attached hydrogen (secondary N) is 2. The van der Waals surface area contributed by atoms with E-state index in [1.165, 1.54) is 0 Å². The third-order valence-corrected chi connectivity index (χ3v) is 5.68. The number of nitrogens with zero attached hydrogens (tertiary/aromatic N) is 1. The molecule has 0 spiro atoms. The molecule has 0 saturated carbocycles. The minimum absolute atomic E-state index is 0.0999. The van der Waals surface area contributed by atoms with Gasteiger partial charge in [0, 0.05) is 44.0 Å². The van der Waals surface area contributed by atoms with Crippen molar-refractivity contribution < 1.29 is 19.4 Å². The number of carbonyl (C=O) groups excluding carboxylic acids is 1. The van der Waals surface area contributed by atoms with Crippen LogP contribution < -0.4 is 25.0 Å². The van der Waals surface area contributed by atoms with Gasteiger partial charge in [0.05, 0.1) is 20.3 Å². The fourth-order valence-corrected chi connectivity index (χ4v) is 3.86. The Morgan fingerprint density at radius 3 is 2.55 bits per heavy atom. The molecule has 0 aromatic heterocycles. The van der Waals surface area contributed by atoms with Crippen LogP contribution in [0.1, 0.15) is 40.9 Å². The molecule has 1 amide bonds. The highest BCUT2D eigenvalue weighted by atomic mass is 16.5. The van der Waals surface area contributed by atoms with E-state index >= 15 is 0 Å². The third-order valence-electron chi connectivity index (χ3n) is 5.68. The van der Waals surface area contributed by atoms with E-state index in [-0.39, 0.29) is 18.6 Å². The highest BCUT2D eigenvalue weighted by Crippen LogP contribution is 2.30. The number of piperazine rings is 1. The highest BCUT2D eigenvalue weighted by molar-refractivity contribution is 5.97. The van der Waals surface area contributed by atoms with Gasteiger partial charge in [-0.05, 0) is 55.2 Å². The molecule has 0 aliphatic carbocycles. The summed E-state index contributed by atoms with van der Waals surface area (Å²) in [7, 11) is 3.20. The second-order valence-electron chi connectivity index (χ2n) is 7.72. The molecule has 0 bridgehead atoms. The van der Waals surface area contributed by atoms with Crippen molar-refractivity contribution in [1.29, 1.82) is 0 Å². The standard InChI is InChI=1S/C24H33N3O4/c1-17(19-7-9-22(30-2)23(15-19)31-3)26-24(29)21-16-20(27-12-10-25-11-13-27)8-6-18(21)5-4-14-28/h6-9,15-17,25,28H,4-5,10-14H2,1-3H3,(H,26,29). The molecule has 1 heterocycles. The van der Waals surface area contributed by atoms with Crippen molar-refractivity contribution in [2.45, 2.75) is 25.8 Å². The van der Waals surface area contributed by atoms with E-state index in [2.05, 4.69) is 21.6 Å². The van der Waals surface area contributed by atoms with E-state index in [9.17, 15) is 9.90 Å². The molecule has 3 N–H and O–H groups in total. The molecule has 1 aliphatic heterocycles. The van der Waals surface area contributed by atoms with Gasteiger partial charge >= 0.3 is 0 Å². The average Bonchev–Trinajstić information content (AvgIpc) is 2.82. The van der Waals surface area contributed by atoms with Crippen LogP contribution in [0, 0.1) is 0 Å². The topological polar surface area (TPSA) is 83.1 Å². The van der Waals surface area contributed by atoms with Gasteiger partial charge < -0.3 is 30.1 Å². The number of hydrogen-bond acceptors (Lipinski definition) is 6. The fraction of sp³-hybridized carbons (Fsp3) is 0.458. The Bertz CT molecular complexity index is 881. The average molecular weight is 428 g/mol. The number of benzene rings is 2. The fourth-order valence-electron chi connectivity index (χ4n) is 3.86. The van der Waals surface area contributed by atoms with Gasteiger partial charge in [-0.1, -0.05) is 12.1 Å². The Morgan fingerprint density at radius 2 is 1.87 bits per heavy atom. The summed E-state index contributed by atoms with van der Waals surface area (Å²) >= 11 is 0. The minimum atomic E-state index is -0.208. The van der Waals surface area contributed by atoms with Gasteiger partial charge in [-0.3, -0.25) is 4.79 Å². The molecule has 1 saturated heterocycles. The van der Waals surface area contributed by atoms with Crippen LogP contribution in [0.3, 0.4) is 0 Å². The second-order valence-corrected chi connectivity index (χ2v) is 7.72. The van der Waals surface area contributed by atoms with Crippen molar-refractivity contribution >= 4 is 11.6 Å². The van der Waals surface area contributed by atoms with Crippen molar-refractivity contribution in [3.05, 3.63) is 53.1 Å². The van der Waals surface area contributed by atoms with Crippen molar-refractivity contribution in [2.75, 3.05) is 51.9 Å². The molecular weight excluding hydrogens is 394 g/mol. The monoisotopic (exact) mass is 427 g/mol. The summed E-state index contributed by atoms with van der Waals surface area (Å²) in [6.45, 7) is 5.75. The number of hydrogen-bond donors (Lipinski definition) is 3. The quantitative estimate of drug-likeness (QED) is 0.571. The maximum Gasteiger partial charge on any atom is 0.252 e. The summed E-state index contributed by atoms with van der Waals surface area (Å²) in [4.78, 5) is 15.6. The van der Waals surface area contributed by atoms with Crippen molar-refractivity contribution in [2.24, 2.45) is 0 Å². The summed E-state index contributed by atoms with van der Waals surface area (Å²) in [5.41, 5.74) is 3.60. The van der Waals surface area contributed by atoms with Gasteiger partial charge in [-0.15, -0.1) is 0 Å². The van der Waals surface area contributed by atoms with E-state index < -0.39 is 0 Å². The van der Waals surface area contributed by atoms with Crippen LogP contribution >= 0.6 is 0 Å².